The number of benzene rings is 2. The molecule has 0 aliphatic carbocycles. The van der Waals surface area contributed by atoms with Gasteiger partial charge in [-0.1, -0.05) is 18.2 Å². The third-order valence-corrected chi connectivity index (χ3v) is 2.75. The summed E-state index contributed by atoms with van der Waals surface area (Å²) in [6.07, 6.45) is 0.357. The number of nitrogens with one attached hydrogen (secondary N) is 1. The molecule has 106 valence electrons. The monoisotopic (exact) mass is 281 g/mol. The molecule has 0 heterocycles. The molecule has 0 fully saturated rings. The Hall–Kier alpha value is -3.00. The van der Waals surface area contributed by atoms with Crippen LogP contribution in [0.1, 0.15) is 5.56 Å². The number of hydrogen-bond donors (Lipinski definition) is 2. The maximum atomic E-state index is 11.7. The molecule has 0 atom stereocenters. The average molecular weight is 281 g/mol. The molecule has 0 aliphatic heterocycles. The van der Waals surface area contributed by atoms with Crippen LogP contribution in [0, 0.1) is 11.3 Å². The maximum Gasteiger partial charge on any atom is 0.262 e. The molecular formula is C16H15N3O2. The second kappa shape index (κ2) is 6.96. The number of carbonyl (C=O) groups is 1. The van der Waals surface area contributed by atoms with Crippen molar-refractivity contribution in [3.63, 3.8) is 0 Å². The molecule has 2 aromatic rings. The molecule has 1 amide bonds. The van der Waals surface area contributed by atoms with Gasteiger partial charge in [-0.05, 0) is 35.9 Å². The van der Waals surface area contributed by atoms with Crippen molar-refractivity contribution in [1.82, 2.24) is 0 Å². The van der Waals surface area contributed by atoms with Gasteiger partial charge in [0.15, 0.2) is 6.61 Å². The molecule has 21 heavy (non-hydrogen) atoms. The Morgan fingerprint density at radius 1 is 1.24 bits per heavy atom. The average Bonchev–Trinajstić information content (AvgIpc) is 2.47. The van der Waals surface area contributed by atoms with E-state index >= 15 is 0 Å². The zero-order valence-corrected chi connectivity index (χ0v) is 11.4. The van der Waals surface area contributed by atoms with Gasteiger partial charge >= 0.3 is 0 Å². The van der Waals surface area contributed by atoms with Crippen molar-refractivity contribution in [1.29, 1.82) is 5.26 Å². The lowest BCUT2D eigenvalue weighted by molar-refractivity contribution is -0.118. The normalized spacial score (nSPS) is 9.67. The van der Waals surface area contributed by atoms with Crippen LogP contribution in [0.2, 0.25) is 0 Å². The maximum absolute atomic E-state index is 11.7. The highest BCUT2D eigenvalue weighted by molar-refractivity contribution is 5.92. The van der Waals surface area contributed by atoms with Gasteiger partial charge in [0.1, 0.15) is 5.75 Å². The standard InChI is InChI=1S/C16H15N3O2/c17-9-8-12-4-6-15(7-5-12)21-11-16(20)19-14-3-1-2-13(18)10-14/h1-7,10H,8,11,18H2,(H,19,20). The Balaban J connectivity index is 1.85. The molecule has 2 rings (SSSR count). The van der Waals surface area contributed by atoms with Gasteiger partial charge in [-0.25, -0.2) is 0 Å². The van der Waals surface area contributed by atoms with Crippen LogP contribution in [0.25, 0.3) is 0 Å². The molecule has 0 aliphatic rings. The largest absolute Gasteiger partial charge is 0.484 e. The van der Waals surface area contributed by atoms with E-state index < -0.39 is 0 Å². The summed E-state index contributed by atoms with van der Waals surface area (Å²) in [5.74, 6) is 0.320. The zero-order valence-electron chi connectivity index (χ0n) is 11.4. The van der Waals surface area contributed by atoms with Crippen molar-refractivity contribution >= 4 is 17.3 Å². The highest BCUT2D eigenvalue weighted by Crippen LogP contribution is 2.14. The van der Waals surface area contributed by atoms with Gasteiger partial charge in [0, 0.05) is 11.4 Å². The number of carbonyl (C=O) groups excluding carboxylic acids is 1. The van der Waals surface area contributed by atoms with Gasteiger partial charge in [0.05, 0.1) is 12.5 Å². The number of anilines is 2. The van der Waals surface area contributed by atoms with Gasteiger partial charge in [-0.2, -0.15) is 5.26 Å². The van der Waals surface area contributed by atoms with Crippen LogP contribution in [0.3, 0.4) is 0 Å². The second-order valence-electron chi connectivity index (χ2n) is 4.44. The molecule has 0 bridgehead atoms. The van der Waals surface area contributed by atoms with E-state index in [0.717, 1.165) is 5.56 Å². The number of nitriles is 1. The smallest absolute Gasteiger partial charge is 0.262 e. The SMILES string of the molecule is N#CCc1ccc(OCC(=O)Nc2cccc(N)c2)cc1. The Morgan fingerprint density at radius 2 is 2.00 bits per heavy atom. The Bertz CT molecular complexity index is 660. The van der Waals surface area contributed by atoms with Crippen molar-refractivity contribution in [2.24, 2.45) is 0 Å². The minimum Gasteiger partial charge on any atom is -0.484 e. The second-order valence-corrected chi connectivity index (χ2v) is 4.44. The number of rotatable bonds is 5. The van der Waals surface area contributed by atoms with E-state index in [0.29, 0.717) is 23.5 Å². The number of nitrogens with two attached hydrogens (primary N) is 1. The topological polar surface area (TPSA) is 88.1 Å². The quantitative estimate of drug-likeness (QED) is 0.823. The van der Waals surface area contributed by atoms with Crippen LogP contribution in [0.4, 0.5) is 11.4 Å². The first-order valence-electron chi connectivity index (χ1n) is 6.41. The fourth-order valence-corrected chi connectivity index (χ4v) is 1.76. The van der Waals surface area contributed by atoms with Crippen LogP contribution in [0.15, 0.2) is 48.5 Å². The van der Waals surface area contributed by atoms with Gasteiger partial charge in [-0.3, -0.25) is 4.79 Å². The van der Waals surface area contributed by atoms with Crippen molar-refractivity contribution in [3.05, 3.63) is 54.1 Å². The van der Waals surface area contributed by atoms with E-state index in [1.54, 1.807) is 48.5 Å². The molecule has 0 radical (unpaired) electrons. The van der Waals surface area contributed by atoms with Crippen molar-refractivity contribution < 1.29 is 9.53 Å². The van der Waals surface area contributed by atoms with Gasteiger partial charge < -0.3 is 15.8 Å². The number of hydrogen-bond acceptors (Lipinski definition) is 4. The number of ether oxygens (including phenoxy) is 1. The minimum absolute atomic E-state index is 0.0909. The van der Waals surface area contributed by atoms with Crippen molar-refractivity contribution in [3.8, 4) is 11.8 Å². The molecule has 0 spiro atoms. The first-order chi connectivity index (χ1) is 10.2. The third-order valence-electron chi connectivity index (χ3n) is 2.75. The number of nitrogens with zero attached hydrogens (tertiary/aromatic N) is 1. The molecule has 0 aromatic heterocycles. The summed E-state index contributed by atoms with van der Waals surface area (Å²) in [6.45, 7) is -0.0909. The molecule has 2 aromatic carbocycles. The van der Waals surface area contributed by atoms with Gasteiger partial charge in [-0.15, -0.1) is 0 Å². The van der Waals surface area contributed by atoms with Gasteiger partial charge in [0.2, 0.25) is 0 Å². The van der Waals surface area contributed by atoms with E-state index in [9.17, 15) is 4.79 Å². The summed E-state index contributed by atoms with van der Waals surface area (Å²) >= 11 is 0. The first kappa shape index (κ1) is 14.4. The molecular weight excluding hydrogens is 266 g/mol. The molecule has 0 saturated carbocycles. The fraction of sp³-hybridized carbons (Fsp3) is 0.125. The number of amides is 1. The van der Waals surface area contributed by atoms with Crippen LogP contribution in [0.5, 0.6) is 5.75 Å². The van der Waals surface area contributed by atoms with Crippen molar-refractivity contribution in [2.45, 2.75) is 6.42 Å². The lowest BCUT2D eigenvalue weighted by atomic mass is 10.2. The van der Waals surface area contributed by atoms with E-state index in [1.807, 2.05) is 0 Å². The molecule has 0 unspecified atom stereocenters. The molecule has 5 heteroatoms. The van der Waals surface area contributed by atoms with Crippen LogP contribution < -0.4 is 15.8 Å². The lowest BCUT2D eigenvalue weighted by Gasteiger charge is -2.08. The Labute approximate surface area is 123 Å². The summed E-state index contributed by atoms with van der Waals surface area (Å²) in [4.78, 5) is 11.7. The molecule has 3 N–H and O–H groups in total. The minimum atomic E-state index is -0.262. The van der Waals surface area contributed by atoms with Crippen LogP contribution >= 0.6 is 0 Å². The Kier molecular flexibility index (Phi) is 4.78. The van der Waals surface area contributed by atoms with E-state index in [1.165, 1.54) is 0 Å². The molecule has 5 nitrogen and oxygen atoms in total. The highest BCUT2D eigenvalue weighted by atomic mass is 16.5. The highest BCUT2D eigenvalue weighted by Gasteiger charge is 2.04. The first-order valence-corrected chi connectivity index (χ1v) is 6.41. The van der Waals surface area contributed by atoms with Crippen molar-refractivity contribution in [2.75, 3.05) is 17.7 Å². The van der Waals surface area contributed by atoms with Gasteiger partial charge in [0.25, 0.3) is 5.91 Å². The van der Waals surface area contributed by atoms with E-state index in [2.05, 4.69) is 11.4 Å². The predicted octanol–water partition coefficient (Wildman–Crippen LogP) is 2.35. The fourth-order valence-electron chi connectivity index (χ4n) is 1.76. The predicted molar refractivity (Wildman–Crippen MR) is 80.7 cm³/mol. The van der Waals surface area contributed by atoms with Crippen LogP contribution in [-0.2, 0) is 11.2 Å². The van der Waals surface area contributed by atoms with Crippen LogP contribution in [-0.4, -0.2) is 12.5 Å². The summed E-state index contributed by atoms with van der Waals surface area (Å²) in [6, 6.07) is 16.1. The summed E-state index contributed by atoms with van der Waals surface area (Å²) < 4.78 is 5.38. The van der Waals surface area contributed by atoms with E-state index in [4.69, 9.17) is 15.7 Å². The zero-order chi connectivity index (χ0) is 15.1. The summed E-state index contributed by atoms with van der Waals surface area (Å²) in [7, 11) is 0. The Morgan fingerprint density at radius 3 is 2.67 bits per heavy atom. The summed E-state index contributed by atoms with van der Waals surface area (Å²) in [5, 5.41) is 11.3. The lowest BCUT2D eigenvalue weighted by Crippen LogP contribution is -2.20. The van der Waals surface area contributed by atoms with E-state index in [-0.39, 0.29) is 12.5 Å². The summed E-state index contributed by atoms with van der Waals surface area (Å²) in [5.41, 5.74) is 7.76. The molecule has 0 saturated heterocycles. The number of nitrogen functional groups attached to an aromatic ring is 1. The third kappa shape index (κ3) is 4.55.